The van der Waals surface area contributed by atoms with Gasteiger partial charge in [-0.2, -0.15) is 13.2 Å². The summed E-state index contributed by atoms with van der Waals surface area (Å²) in [6, 6.07) is 12.0. The lowest BCUT2D eigenvalue weighted by atomic mass is 10.1. The predicted molar refractivity (Wildman–Crippen MR) is 93.1 cm³/mol. The Labute approximate surface area is 152 Å². The Kier molecular flexibility index (Phi) is 5.08. The smallest absolute Gasteiger partial charge is 0.416 e. The number of benzene rings is 2. The van der Waals surface area contributed by atoms with Crippen LogP contribution in [0.3, 0.4) is 0 Å². The zero-order valence-electron chi connectivity index (χ0n) is 13.7. The van der Waals surface area contributed by atoms with E-state index in [1.54, 1.807) is 12.1 Å². The summed E-state index contributed by atoms with van der Waals surface area (Å²) in [6.45, 7) is 0. The molecule has 0 saturated heterocycles. The Morgan fingerprint density at radius 2 is 1.73 bits per heavy atom. The normalized spacial score (nSPS) is 11.4. The van der Waals surface area contributed by atoms with Crippen LogP contribution in [0.4, 0.5) is 13.2 Å². The molecule has 0 amide bonds. The van der Waals surface area contributed by atoms with E-state index in [-0.39, 0.29) is 0 Å². The number of carbonyl (C=O) groups excluding carboxylic acids is 1. The van der Waals surface area contributed by atoms with Gasteiger partial charge < -0.3 is 4.74 Å². The van der Waals surface area contributed by atoms with E-state index in [1.165, 1.54) is 30.6 Å². The topological polar surface area (TPSA) is 39.2 Å². The minimum atomic E-state index is -4.35. The van der Waals surface area contributed by atoms with Crippen LogP contribution in [0, 0.1) is 0 Å². The Morgan fingerprint density at radius 3 is 2.31 bits per heavy atom. The first kappa shape index (κ1) is 18.1. The number of ether oxygens (including phenoxy) is 1. The second kappa shape index (κ2) is 7.29. The fourth-order valence-electron chi connectivity index (χ4n) is 2.41. The molecule has 1 heterocycles. The SMILES string of the molecule is COC(=O)c1ccc(Cc2nc(-c3ccc(C(F)(F)F)cc3)cs2)cc1. The maximum atomic E-state index is 12.6. The van der Waals surface area contributed by atoms with Gasteiger partial charge in [-0.05, 0) is 29.8 Å². The predicted octanol–water partition coefficient (Wildman–Crippen LogP) is 5.21. The average molecular weight is 377 g/mol. The highest BCUT2D eigenvalue weighted by molar-refractivity contribution is 7.10. The number of halogens is 3. The molecule has 0 unspecified atom stereocenters. The van der Waals surface area contributed by atoms with Crippen LogP contribution >= 0.6 is 11.3 Å². The van der Waals surface area contributed by atoms with E-state index in [0.717, 1.165) is 22.7 Å². The van der Waals surface area contributed by atoms with Gasteiger partial charge >= 0.3 is 12.1 Å². The third-order valence-electron chi connectivity index (χ3n) is 3.79. The molecule has 0 aliphatic carbocycles. The maximum absolute atomic E-state index is 12.6. The molecule has 134 valence electrons. The van der Waals surface area contributed by atoms with E-state index in [1.807, 2.05) is 17.5 Å². The summed E-state index contributed by atoms with van der Waals surface area (Å²) in [5.41, 5.74) is 2.06. The Balaban J connectivity index is 1.73. The van der Waals surface area contributed by atoms with Crippen LogP contribution in [0.15, 0.2) is 53.9 Å². The number of aromatic nitrogens is 1. The number of hydrogen-bond acceptors (Lipinski definition) is 4. The largest absolute Gasteiger partial charge is 0.465 e. The summed E-state index contributed by atoms with van der Waals surface area (Å²) in [7, 11) is 1.33. The number of rotatable bonds is 4. The van der Waals surface area contributed by atoms with Crippen molar-refractivity contribution < 1.29 is 22.7 Å². The van der Waals surface area contributed by atoms with Gasteiger partial charge in [0.2, 0.25) is 0 Å². The zero-order chi connectivity index (χ0) is 18.7. The molecule has 0 atom stereocenters. The lowest BCUT2D eigenvalue weighted by Gasteiger charge is -2.06. The van der Waals surface area contributed by atoms with E-state index < -0.39 is 17.7 Å². The van der Waals surface area contributed by atoms with Crippen molar-refractivity contribution in [2.24, 2.45) is 0 Å². The van der Waals surface area contributed by atoms with E-state index in [4.69, 9.17) is 0 Å². The Bertz CT molecular complexity index is 900. The van der Waals surface area contributed by atoms with Crippen molar-refractivity contribution in [2.45, 2.75) is 12.6 Å². The van der Waals surface area contributed by atoms with Crippen molar-refractivity contribution in [3.63, 3.8) is 0 Å². The number of carbonyl (C=O) groups is 1. The molecule has 0 fully saturated rings. The molecule has 0 saturated carbocycles. The molecule has 2 aromatic carbocycles. The molecule has 0 spiro atoms. The molecule has 0 N–H and O–H groups in total. The van der Waals surface area contributed by atoms with Crippen molar-refractivity contribution in [3.8, 4) is 11.3 Å². The Morgan fingerprint density at radius 1 is 1.08 bits per heavy atom. The van der Waals surface area contributed by atoms with Crippen LogP contribution in [0.1, 0.15) is 26.5 Å². The van der Waals surface area contributed by atoms with Crippen LogP contribution in [-0.4, -0.2) is 18.1 Å². The van der Waals surface area contributed by atoms with Crippen LogP contribution in [-0.2, 0) is 17.3 Å². The van der Waals surface area contributed by atoms with Crippen molar-refractivity contribution >= 4 is 17.3 Å². The van der Waals surface area contributed by atoms with Crippen LogP contribution in [0.2, 0.25) is 0 Å². The van der Waals surface area contributed by atoms with Gasteiger partial charge in [-0.25, -0.2) is 9.78 Å². The summed E-state index contributed by atoms with van der Waals surface area (Å²) < 4.78 is 42.5. The van der Waals surface area contributed by atoms with Gasteiger partial charge in [-0.3, -0.25) is 0 Å². The van der Waals surface area contributed by atoms with Crippen molar-refractivity contribution in [1.82, 2.24) is 4.98 Å². The zero-order valence-corrected chi connectivity index (χ0v) is 14.5. The van der Waals surface area contributed by atoms with E-state index in [0.29, 0.717) is 23.2 Å². The van der Waals surface area contributed by atoms with Crippen LogP contribution in [0.5, 0.6) is 0 Å². The van der Waals surface area contributed by atoms with Crippen LogP contribution < -0.4 is 0 Å². The number of thiazole rings is 1. The highest BCUT2D eigenvalue weighted by Gasteiger charge is 2.30. The molecule has 3 aromatic rings. The highest BCUT2D eigenvalue weighted by Crippen LogP contribution is 2.31. The minimum absolute atomic E-state index is 0.393. The number of nitrogens with zero attached hydrogens (tertiary/aromatic N) is 1. The third kappa shape index (κ3) is 4.11. The monoisotopic (exact) mass is 377 g/mol. The van der Waals surface area contributed by atoms with Gasteiger partial charge in [-0.15, -0.1) is 11.3 Å². The van der Waals surface area contributed by atoms with Crippen molar-refractivity contribution in [2.75, 3.05) is 7.11 Å². The van der Waals surface area contributed by atoms with E-state index >= 15 is 0 Å². The molecular weight excluding hydrogens is 363 g/mol. The summed E-state index contributed by atoms with van der Waals surface area (Å²) in [4.78, 5) is 15.9. The first-order valence-electron chi connectivity index (χ1n) is 7.66. The molecule has 3 nitrogen and oxygen atoms in total. The first-order chi connectivity index (χ1) is 12.4. The quantitative estimate of drug-likeness (QED) is 0.586. The highest BCUT2D eigenvalue weighted by atomic mass is 32.1. The number of methoxy groups -OCH3 is 1. The minimum Gasteiger partial charge on any atom is -0.465 e. The van der Waals surface area contributed by atoms with Gasteiger partial charge in [0.25, 0.3) is 0 Å². The second-order valence-corrected chi connectivity index (χ2v) is 6.51. The first-order valence-corrected chi connectivity index (χ1v) is 8.54. The van der Waals surface area contributed by atoms with Crippen LogP contribution in [0.25, 0.3) is 11.3 Å². The number of hydrogen-bond donors (Lipinski definition) is 0. The van der Waals surface area contributed by atoms with Gasteiger partial charge in [0.05, 0.1) is 28.9 Å². The van der Waals surface area contributed by atoms with Crippen molar-refractivity contribution in [1.29, 1.82) is 0 Å². The second-order valence-electron chi connectivity index (χ2n) is 5.57. The summed E-state index contributed by atoms with van der Waals surface area (Å²) >= 11 is 1.44. The number of esters is 1. The third-order valence-corrected chi connectivity index (χ3v) is 4.64. The molecule has 0 aliphatic rings. The molecule has 0 bridgehead atoms. The van der Waals surface area contributed by atoms with Gasteiger partial charge in [0, 0.05) is 17.4 Å². The maximum Gasteiger partial charge on any atom is 0.416 e. The molecule has 0 aliphatic heterocycles. The molecule has 26 heavy (non-hydrogen) atoms. The summed E-state index contributed by atoms with van der Waals surface area (Å²) in [6.07, 6.45) is -3.77. The van der Waals surface area contributed by atoms with E-state index in [2.05, 4.69) is 9.72 Å². The molecule has 0 radical (unpaired) electrons. The summed E-state index contributed by atoms with van der Waals surface area (Å²) in [5, 5.41) is 2.66. The van der Waals surface area contributed by atoms with Gasteiger partial charge in [0.15, 0.2) is 0 Å². The van der Waals surface area contributed by atoms with Gasteiger partial charge in [0.1, 0.15) is 0 Å². The van der Waals surface area contributed by atoms with Gasteiger partial charge in [-0.1, -0.05) is 24.3 Å². The number of alkyl halides is 3. The average Bonchev–Trinajstić information content (AvgIpc) is 3.09. The molecule has 7 heteroatoms. The standard InChI is InChI=1S/C19H14F3NO2S/c1-25-18(24)14-4-2-12(3-5-14)10-17-23-16(11-26-17)13-6-8-15(9-7-13)19(20,21)22/h2-9,11H,10H2,1H3. The fraction of sp³-hybridized carbons (Fsp3) is 0.158. The molecule has 3 rings (SSSR count). The summed E-state index contributed by atoms with van der Waals surface area (Å²) in [5.74, 6) is -0.393. The van der Waals surface area contributed by atoms with Crippen molar-refractivity contribution in [3.05, 3.63) is 75.6 Å². The van der Waals surface area contributed by atoms with E-state index in [9.17, 15) is 18.0 Å². The lowest BCUT2D eigenvalue weighted by molar-refractivity contribution is -0.137. The Hall–Kier alpha value is -2.67. The lowest BCUT2D eigenvalue weighted by Crippen LogP contribution is -2.04. The fourth-order valence-corrected chi connectivity index (χ4v) is 3.24. The molecular formula is C19H14F3NO2S. The molecule has 1 aromatic heterocycles.